The third kappa shape index (κ3) is 4.52. The molecule has 0 aromatic heterocycles. The highest BCUT2D eigenvalue weighted by Gasteiger charge is 2.17. The minimum absolute atomic E-state index is 0.143. The molecule has 2 aromatic rings. The Labute approximate surface area is 158 Å². The standard InChI is InChI=1S/C21H23NO5/c23-21(22-16-7-8-19-20(13-16)26-11-3-10-25-19)15-4-1-5-17(12-15)27-14-18-6-2-9-24-18/h1,4-5,7-8,12-13,18H,2-3,6,9-11,14H2,(H,22,23). The summed E-state index contributed by atoms with van der Waals surface area (Å²) in [5.74, 6) is 1.82. The molecular formula is C21H23NO5. The van der Waals surface area contributed by atoms with Crippen LogP contribution in [-0.4, -0.2) is 38.4 Å². The van der Waals surface area contributed by atoms with Crippen LogP contribution in [0.1, 0.15) is 29.6 Å². The van der Waals surface area contributed by atoms with Crippen LogP contribution in [0.25, 0.3) is 0 Å². The van der Waals surface area contributed by atoms with Gasteiger partial charge in [-0.05, 0) is 43.2 Å². The molecule has 4 rings (SSSR count). The van der Waals surface area contributed by atoms with Crippen molar-refractivity contribution in [2.75, 3.05) is 31.7 Å². The van der Waals surface area contributed by atoms with Crippen molar-refractivity contribution in [3.05, 3.63) is 48.0 Å². The van der Waals surface area contributed by atoms with Gasteiger partial charge in [0, 0.05) is 30.3 Å². The van der Waals surface area contributed by atoms with E-state index in [0.29, 0.717) is 48.3 Å². The van der Waals surface area contributed by atoms with Gasteiger partial charge in [0.1, 0.15) is 12.4 Å². The van der Waals surface area contributed by atoms with E-state index in [1.165, 1.54) is 0 Å². The van der Waals surface area contributed by atoms with Crippen molar-refractivity contribution in [3.63, 3.8) is 0 Å². The minimum atomic E-state index is -0.202. The second-order valence-electron chi connectivity index (χ2n) is 6.64. The first-order valence-corrected chi connectivity index (χ1v) is 9.33. The number of nitrogens with one attached hydrogen (secondary N) is 1. The van der Waals surface area contributed by atoms with E-state index in [4.69, 9.17) is 18.9 Å². The Kier molecular flexibility index (Phi) is 5.44. The molecule has 1 atom stereocenters. The van der Waals surface area contributed by atoms with Crippen molar-refractivity contribution in [2.45, 2.75) is 25.4 Å². The van der Waals surface area contributed by atoms with E-state index in [2.05, 4.69) is 5.32 Å². The van der Waals surface area contributed by atoms with E-state index < -0.39 is 0 Å². The first kappa shape index (κ1) is 17.7. The molecule has 1 saturated heterocycles. The molecule has 1 N–H and O–H groups in total. The first-order chi connectivity index (χ1) is 13.3. The Bertz CT molecular complexity index is 801. The van der Waals surface area contributed by atoms with Crippen LogP contribution in [0.15, 0.2) is 42.5 Å². The summed E-state index contributed by atoms with van der Waals surface area (Å²) in [7, 11) is 0. The maximum atomic E-state index is 12.6. The molecule has 0 saturated carbocycles. The third-order valence-electron chi connectivity index (χ3n) is 4.56. The number of fused-ring (bicyclic) bond motifs is 1. The summed E-state index contributed by atoms with van der Waals surface area (Å²) in [6, 6.07) is 12.6. The lowest BCUT2D eigenvalue weighted by atomic mass is 10.2. The normalized spacial score (nSPS) is 18.6. The van der Waals surface area contributed by atoms with Crippen molar-refractivity contribution in [3.8, 4) is 17.2 Å². The number of hydrogen-bond donors (Lipinski definition) is 1. The first-order valence-electron chi connectivity index (χ1n) is 9.33. The monoisotopic (exact) mass is 369 g/mol. The SMILES string of the molecule is O=C(Nc1ccc2c(c1)OCCCO2)c1cccc(OCC2CCCO2)c1. The molecule has 27 heavy (non-hydrogen) atoms. The van der Waals surface area contributed by atoms with Gasteiger partial charge in [-0.1, -0.05) is 6.07 Å². The fourth-order valence-electron chi connectivity index (χ4n) is 3.14. The summed E-state index contributed by atoms with van der Waals surface area (Å²) in [4.78, 5) is 12.6. The molecule has 0 bridgehead atoms. The van der Waals surface area contributed by atoms with Crippen LogP contribution in [0, 0.1) is 0 Å². The van der Waals surface area contributed by atoms with Crippen LogP contribution in [-0.2, 0) is 4.74 Å². The number of carbonyl (C=O) groups is 1. The highest BCUT2D eigenvalue weighted by Crippen LogP contribution is 2.32. The molecule has 2 aliphatic heterocycles. The highest BCUT2D eigenvalue weighted by molar-refractivity contribution is 6.04. The van der Waals surface area contributed by atoms with Gasteiger partial charge in [-0.3, -0.25) is 4.79 Å². The molecule has 2 aromatic carbocycles. The van der Waals surface area contributed by atoms with Crippen molar-refractivity contribution in [2.24, 2.45) is 0 Å². The van der Waals surface area contributed by atoms with E-state index in [1.807, 2.05) is 24.3 Å². The zero-order valence-corrected chi connectivity index (χ0v) is 15.1. The molecule has 2 heterocycles. The van der Waals surface area contributed by atoms with Crippen LogP contribution in [0.2, 0.25) is 0 Å². The van der Waals surface area contributed by atoms with E-state index in [-0.39, 0.29) is 12.0 Å². The van der Waals surface area contributed by atoms with Crippen LogP contribution in [0.4, 0.5) is 5.69 Å². The number of ether oxygens (including phenoxy) is 4. The maximum Gasteiger partial charge on any atom is 0.255 e. The van der Waals surface area contributed by atoms with Gasteiger partial charge in [0.2, 0.25) is 0 Å². The molecule has 0 radical (unpaired) electrons. The average Bonchev–Trinajstić information content (AvgIpc) is 3.11. The lowest BCUT2D eigenvalue weighted by molar-refractivity contribution is 0.0679. The quantitative estimate of drug-likeness (QED) is 0.871. The second kappa shape index (κ2) is 8.31. The molecule has 6 heteroatoms. The van der Waals surface area contributed by atoms with Crippen molar-refractivity contribution >= 4 is 11.6 Å². The van der Waals surface area contributed by atoms with E-state index in [1.54, 1.807) is 18.2 Å². The van der Waals surface area contributed by atoms with Gasteiger partial charge in [-0.2, -0.15) is 0 Å². The predicted molar refractivity (Wildman–Crippen MR) is 101 cm³/mol. The van der Waals surface area contributed by atoms with Gasteiger partial charge in [0.25, 0.3) is 5.91 Å². The summed E-state index contributed by atoms with van der Waals surface area (Å²) in [6.45, 7) is 2.55. The van der Waals surface area contributed by atoms with Gasteiger partial charge >= 0.3 is 0 Å². The second-order valence-corrected chi connectivity index (χ2v) is 6.64. The number of anilines is 1. The number of amides is 1. The number of benzene rings is 2. The lowest BCUT2D eigenvalue weighted by Gasteiger charge is -2.13. The smallest absolute Gasteiger partial charge is 0.255 e. The molecule has 0 aliphatic carbocycles. The molecule has 1 unspecified atom stereocenters. The summed E-state index contributed by atoms with van der Waals surface area (Å²) in [5.41, 5.74) is 1.20. The van der Waals surface area contributed by atoms with E-state index >= 15 is 0 Å². The van der Waals surface area contributed by atoms with Crippen LogP contribution >= 0.6 is 0 Å². The van der Waals surface area contributed by atoms with Gasteiger partial charge in [0.05, 0.1) is 19.3 Å². The molecule has 1 fully saturated rings. The van der Waals surface area contributed by atoms with Gasteiger partial charge in [-0.15, -0.1) is 0 Å². The molecule has 2 aliphatic rings. The van der Waals surface area contributed by atoms with Crippen molar-refractivity contribution in [1.29, 1.82) is 0 Å². The Morgan fingerprint density at radius 1 is 1.04 bits per heavy atom. The number of carbonyl (C=O) groups excluding carboxylic acids is 1. The number of rotatable bonds is 5. The molecule has 1 amide bonds. The van der Waals surface area contributed by atoms with E-state index in [9.17, 15) is 4.79 Å². The Morgan fingerprint density at radius 3 is 2.78 bits per heavy atom. The third-order valence-corrected chi connectivity index (χ3v) is 4.56. The van der Waals surface area contributed by atoms with E-state index in [0.717, 1.165) is 25.9 Å². The minimum Gasteiger partial charge on any atom is -0.491 e. The average molecular weight is 369 g/mol. The zero-order valence-electron chi connectivity index (χ0n) is 15.1. The topological polar surface area (TPSA) is 66.0 Å². The maximum absolute atomic E-state index is 12.6. The predicted octanol–water partition coefficient (Wildman–Crippen LogP) is 3.66. The fourth-order valence-corrected chi connectivity index (χ4v) is 3.14. The molecular weight excluding hydrogens is 346 g/mol. The summed E-state index contributed by atoms with van der Waals surface area (Å²) in [5, 5.41) is 2.90. The highest BCUT2D eigenvalue weighted by atomic mass is 16.5. The Balaban J connectivity index is 1.40. The molecule has 142 valence electrons. The molecule has 0 spiro atoms. The van der Waals surface area contributed by atoms with Crippen LogP contribution in [0.3, 0.4) is 0 Å². The summed E-state index contributed by atoms with van der Waals surface area (Å²) < 4.78 is 22.6. The Morgan fingerprint density at radius 2 is 1.93 bits per heavy atom. The zero-order chi connectivity index (χ0) is 18.5. The lowest BCUT2D eigenvalue weighted by Crippen LogP contribution is -2.17. The van der Waals surface area contributed by atoms with Gasteiger partial charge in [-0.25, -0.2) is 0 Å². The van der Waals surface area contributed by atoms with Crippen molar-refractivity contribution in [1.82, 2.24) is 0 Å². The fraction of sp³-hybridized carbons (Fsp3) is 0.381. The van der Waals surface area contributed by atoms with Gasteiger partial charge in [0.15, 0.2) is 11.5 Å². The van der Waals surface area contributed by atoms with Gasteiger partial charge < -0.3 is 24.3 Å². The number of hydrogen-bond acceptors (Lipinski definition) is 5. The van der Waals surface area contributed by atoms with Crippen LogP contribution < -0.4 is 19.5 Å². The molecule has 6 nitrogen and oxygen atoms in total. The van der Waals surface area contributed by atoms with Crippen LogP contribution in [0.5, 0.6) is 17.2 Å². The summed E-state index contributed by atoms with van der Waals surface area (Å²) >= 11 is 0. The Hall–Kier alpha value is -2.73. The van der Waals surface area contributed by atoms with Crippen molar-refractivity contribution < 1.29 is 23.7 Å². The summed E-state index contributed by atoms with van der Waals surface area (Å²) in [6.07, 6.45) is 3.08. The largest absolute Gasteiger partial charge is 0.491 e.